The lowest BCUT2D eigenvalue weighted by molar-refractivity contribution is -0.384. The van der Waals surface area contributed by atoms with Crippen molar-refractivity contribution in [3.63, 3.8) is 0 Å². The van der Waals surface area contributed by atoms with Crippen molar-refractivity contribution in [2.45, 2.75) is 18.3 Å². The number of benzene rings is 2. The quantitative estimate of drug-likeness (QED) is 0.499. The summed E-state index contributed by atoms with van der Waals surface area (Å²) in [4.78, 5) is 28.6. The maximum absolute atomic E-state index is 13.7. The van der Waals surface area contributed by atoms with E-state index in [1.165, 1.54) is 6.07 Å². The number of anilines is 1. The van der Waals surface area contributed by atoms with E-state index in [1.807, 2.05) is 40.1 Å². The molecule has 0 aromatic heterocycles. The summed E-state index contributed by atoms with van der Waals surface area (Å²) in [6, 6.07) is 14.8. The van der Waals surface area contributed by atoms with Gasteiger partial charge in [-0.25, -0.2) is 0 Å². The van der Waals surface area contributed by atoms with Gasteiger partial charge in [0.2, 0.25) is 5.91 Å². The molecule has 0 atom stereocenters. The second-order valence-corrected chi connectivity index (χ2v) is 8.64. The Morgan fingerprint density at radius 3 is 2.27 bits per heavy atom. The van der Waals surface area contributed by atoms with Gasteiger partial charge >= 0.3 is 0 Å². The van der Waals surface area contributed by atoms with E-state index in [4.69, 9.17) is 4.74 Å². The Morgan fingerprint density at radius 2 is 1.63 bits per heavy atom. The number of rotatable bonds is 4. The summed E-state index contributed by atoms with van der Waals surface area (Å²) in [5.41, 5.74) is 1.18. The minimum absolute atomic E-state index is 0.105. The maximum atomic E-state index is 13.7. The molecule has 0 saturated carbocycles. The number of piperazine rings is 1. The predicted octanol–water partition coefficient (Wildman–Crippen LogP) is 3.75. The molecule has 2 heterocycles. The first-order chi connectivity index (χ1) is 14.5. The molecule has 7 nitrogen and oxygen atoms in total. The summed E-state index contributed by atoms with van der Waals surface area (Å²) in [5.74, 6) is 0.135. The van der Waals surface area contributed by atoms with Gasteiger partial charge in [0.15, 0.2) is 0 Å². The van der Waals surface area contributed by atoms with Crippen LogP contribution in [-0.2, 0) is 14.9 Å². The van der Waals surface area contributed by atoms with E-state index < -0.39 is 5.41 Å². The third kappa shape index (κ3) is 3.94. The Hall–Kier alpha value is -2.45. The summed E-state index contributed by atoms with van der Waals surface area (Å²) in [6.45, 7) is 3.37. The summed E-state index contributed by atoms with van der Waals surface area (Å²) in [7, 11) is 0. The van der Waals surface area contributed by atoms with E-state index in [-0.39, 0.29) is 16.5 Å². The monoisotopic (exact) mass is 473 g/mol. The second kappa shape index (κ2) is 8.73. The van der Waals surface area contributed by atoms with Crippen LogP contribution in [0.4, 0.5) is 11.4 Å². The molecule has 8 heteroatoms. The van der Waals surface area contributed by atoms with Crippen molar-refractivity contribution >= 4 is 33.2 Å². The highest BCUT2D eigenvalue weighted by atomic mass is 79.9. The van der Waals surface area contributed by atoms with Crippen molar-refractivity contribution in [1.29, 1.82) is 0 Å². The average molecular weight is 474 g/mol. The molecule has 0 bridgehead atoms. The van der Waals surface area contributed by atoms with Crippen molar-refractivity contribution < 1.29 is 14.5 Å². The smallest absolute Gasteiger partial charge is 0.292 e. The van der Waals surface area contributed by atoms with Gasteiger partial charge in [0.1, 0.15) is 5.69 Å². The second-order valence-electron chi connectivity index (χ2n) is 7.73. The lowest BCUT2D eigenvalue weighted by Gasteiger charge is -2.43. The molecule has 0 radical (unpaired) electrons. The van der Waals surface area contributed by atoms with Crippen LogP contribution in [0.3, 0.4) is 0 Å². The molecule has 2 aromatic carbocycles. The first kappa shape index (κ1) is 20.8. The largest absolute Gasteiger partial charge is 0.381 e. The van der Waals surface area contributed by atoms with E-state index in [0.717, 1.165) is 10.0 Å². The molecule has 0 N–H and O–H groups in total. The number of halogens is 1. The molecule has 158 valence electrons. The zero-order chi connectivity index (χ0) is 21.1. The summed E-state index contributed by atoms with van der Waals surface area (Å²) in [5, 5.41) is 11.4. The number of ether oxygens (including phenoxy) is 1. The Balaban J connectivity index is 1.53. The van der Waals surface area contributed by atoms with Crippen LogP contribution in [0.2, 0.25) is 0 Å². The van der Waals surface area contributed by atoms with E-state index in [0.29, 0.717) is 57.9 Å². The van der Waals surface area contributed by atoms with E-state index >= 15 is 0 Å². The van der Waals surface area contributed by atoms with Crippen LogP contribution in [0.25, 0.3) is 0 Å². The van der Waals surface area contributed by atoms with Crippen LogP contribution in [0.15, 0.2) is 53.0 Å². The standard InChI is InChI=1S/C22H24BrN3O4/c23-18-7-5-17(6-8-18)22(9-15-30-16-10-22)21(27)25-13-11-24(12-14-25)19-3-1-2-4-20(19)26(28)29/h1-8H,9-16H2. The molecule has 1 amide bonds. The number of carbonyl (C=O) groups excluding carboxylic acids is 1. The van der Waals surface area contributed by atoms with Crippen LogP contribution < -0.4 is 4.90 Å². The number of para-hydroxylation sites is 2. The molecule has 0 unspecified atom stereocenters. The molecule has 2 fully saturated rings. The maximum Gasteiger partial charge on any atom is 0.292 e. The van der Waals surface area contributed by atoms with Crippen molar-refractivity contribution in [1.82, 2.24) is 4.90 Å². The van der Waals surface area contributed by atoms with E-state index in [2.05, 4.69) is 15.9 Å². The molecule has 2 saturated heterocycles. The highest BCUT2D eigenvalue weighted by Gasteiger charge is 2.44. The zero-order valence-corrected chi connectivity index (χ0v) is 18.2. The molecule has 2 aromatic rings. The molecule has 30 heavy (non-hydrogen) atoms. The molecule has 0 aliphatic carbocycles. The molecule has 2 aliphatic rings. The number of hydrogen-bond donors (Lipinski definition) is 0. The van der Waals surface area contributed by atoms with Crippen LogP contribution in [-0.4, -0.2) is 55.1 Å². The minimum atomic E-state index is -0.570. The third-order valence-electron chi connectivity index (χ3n) is 6.14. The molecular weight excluding hydrogens is 450 g/mol. The van der Waals surface area contributed by atoms with Crippen molar-refractivity contribution in [2.24, 2.45) is 0 Å². The number of hydrogen-bond acceptors (Lipinski definition) is 5. The van der Waals surface area contributed by atoms with Gasteiger partial charge in [-0.05, 0) is 36.6 Å². The van der Waals surface area contributed by atoms with Crippen molar-refractivity contribution in [3.8, 4) is 0 Å². The number of nitro benzene ring substituents is 1. The van der Waals surface area contributed by atoms with Gasteiger partial charge in [0, 0.05) is 49.9 Å². The van der Waals surface area contributed by atoms with Gasteiger partial charge in [-0.2, -0.15) is 0 Å². The Bertz CT molecular complexity index is 920. The average Bonchev–Trinajstić information content (AvgIpc) is 2.79. The number of carbonyl (C=O) groups is 1. The first-order valence-corrected chi connectivity index (χ1v) is 10.9. The molecular formula is C22H24BrN3O4. The minimum Gasteiger partial charge on any atom is -0.381 e. The normalized spacial score (nSPS) is 18.8. The van der Waals surface area contributed by atoms with Crippen molar-refractivity contribution in [2.75, 3.05) is 44.3 Å². The van der Waals surface area contributed by atoms with Crippen molar-refractivity contribution in [3.05, 3.63) is 68.7 Å². The van der Waals surface area contributed by atoms with Gasteiger partial charge < -0.3 is 14.5 Å². The van der Waals surface area contributed by atoms with Crippen LogP contribution in [0, 0.1) is 10.1 Å². The first-order valence-electron chi connectivity index (χ1n) is 10.1. The zero-order valence-electron chi connectivity index (χ0n) is 16.6. The Labute approximate surface area is 183 Å². The van der Waals surface area contributed by atoms with Crippen LogP contribution in [0.1, 0.15) is 18.4 Å². The number of nitrogens with zero attached hydrogens (tertiary/aromatic N) is 3. The summed E-state index contributed by atoms with van der Waals surface area (Å²) >= 11 is 3.47. The van der Waals surface area contributed by atoms with Gasteiger partial charge in [-0.15, -0.1) is 0 Å². The number of amides is 1. The van der Waals surface area contributed by atoms with E-state index in [9.17, 15) is 14.9 Å². The predicted molar refractivity (Wildman–Crippen MR) is 118 cm³/mol. The SMILES string of the molecule is O=C(N1CCN(c2ccccc2[N+](=O)[O-])CC1)C1(c2ccc(Br)cc2)CCOCC1. The van der Waals surface area contributed by atoms with Gasteiger partial charge in [-0.1, -0.05) is 40.2 Å². The fourth-order valence-corrected chi connectivity index (χ4v) is 4.72. The Kier molecular flexibility index (Phi) is 6.06. The molecule has 4 rings (SSSR count). The van der Waals surface area contributed by atoms with Gasteiger partial charge in [0.05, 0.1) is 10.3 Å². The van der Waals surface area contributed by atoms with Crippen LogP contribution >= 0.6 is 15.9 Å². The fourth-order valence-electron chi connectivity index (χ4n) is 4.45. The summed E-state index contributed by atoms with van der Waals surface area (Å²) in [6.07, 6.45) is 1.33. The molecule has 0 spiro atoms. The topological polar surface area (TPSA) is 75.9 Å². The van der Waals surface area contributed by atoms with Crippen LogP contribution in [0.5, 0.6) is 0 Å². The Morgan fingerprint density at radius 1 is 1.00 bits per heavy atom. The third-order valence-corrected chi connectivity index (χ3v) is 6.67. The fraction of sp³-hybridized carbons (Fsp3) is 0.409. The lowest BCUT2D eigenvalue weighted by Crippen LogP contribution is -2.56. The summed E-state index contributed by atoms with van der Waals surface area (Å²) < 4.78 is 6.55. The molecule has 2 aliphatic heterocycles. The highest BCUT2D eigenvalue weighted by molar-refractivity contribution is 9.10. The lowest BCUT2D eigenvalue weighted by atomic mass is 9.73. The van der Waals surface area contributed by atoms with E-state index in [1.54, 1.807) is 12.1 Å². The highest BCUT2D eigenvalue weighted by Crippen LogP contribution is 2.38. The number of nitro groups is 1. The van der Waals surface area contributed by atoms with Gasteiger partial charge in [-0.3, -0.25) is 14.9 Å². The van der Waals surface area contributed by atoms with Gasteiger partial charge in [0.25, 0.3) is 5.69 Å².